The van der Waals surface area contributed by atoms with Gasteiger partial charge in [0.2, 0.25) is 0 Å². The number of benzene rings is 1. The highest BCUT2D eigenvalue weighted by atomic mass is 79.9. The summed E-state index contributed by atoms with van der Waals surface area (Å²) in [5.41, 5.74) is 2.31. The van der Waals surface area contributed by atoms with Crippen LogP contribution in [0.25, 0.3) is 0 Å². The van der Waals surface area contributed by atoms with E-state index in [-0.39, 0.29) is 10.8 Å². The van der Waals surface area contributed by atoms with E-state index in [1.54, 1.807) is 0 Å². The molecule has 1 rings (SSSR count). The van der Waals surface area contributed by atoms with Gasteiger partial charge in [0.05, 0.1) is 7.11 Å². The predicted octanol–water partition coefficient (Wildman–Crippen LogP) is 3.16. The largest absolute Gasteiger partial charge is 0.468 e. The number of esters is 1. The van der Waals surface area contributed by atoms with Crippen LogP contribution in [0.4, 0.5) is 5.69 Å². The number of nitrogens with one attached hydrogen (secondary N) is 1. The summed E-state index contributed by atoms with van der Waals surface area (Å²) in [6.45, 7) is 4.83. The fraction of sp³-hybridized carbons (Fsp3) is 0.462. The van der Waals surface area contributed by atoms with Crippen LogP contribution in [0.2, 0.25) is 0 Å². The van der Waals surface area contributed by atoms with E-state index in [1.807, 2.05) is 12.1 Å². The lowest BCUT2D eigenvalue weighted by atomic mass is 10.0. The van der Waals surface area contributed by atoms with Crippen molar-refractivity contribution in [2.45, 2.75) is 24.6 Å². The molecule has 0 spiro atoms. The van der Waals surface area contributed by atoms with E-state index in [0.29, 0.717) is 12.5 Å². The molecule has 0 aliphatic carbocycles. The number of halogens is 1. The Hall–Kier alpha value is -1.03. The maximum atomic E-state index is 11.2. The summed E-state index contributed by atoms with van der Waals surface area (Å²) in [6, 6.07) is 8.22. The first-order chi connectivity index (χ1) is 8.04. The first-order valence-corrected chi connectivity index (χ1v) is 6.52. The molecule has 0 aliphatic heterocycles. The minimum atomic E-state index is -0.322. The van der Waals surface area contributed by atoms with E-state index >= 15 is 0 Å². The molecular formula is C13H18BrNO2. The summed E-state index contributed by atoms with van der Waals surface area (Å²) in [6.07, 6.45) is 0. The topological polar surface area (TPSA) is 38.3 Å². The smallest absolute Gasteiger partial charge is 0.321 e. The third kappa shape index (κ3) is 4.38. The zero-order valence-corrected chi connectivity index (χ0v) is 12.0. The van der Waals surface area contributed by atoms with E-state index in [2.05, 4.69) is 52.0 Å². The van der Waals surface area contributed by atoms with Gasteiger partial charge in [-0.15, -0.1) is 0 Å². The van der Waals surface area contributed by atoms with Crippen LogP contribution in [-0.4, -0.2) is 24.5 Å². The van der Waals surface area contributed by atoms with Crippen molar-refractivity contribution in [1.82, 2.24) is 0 Å². The van der Waals surface area contributed by atoms with Crippen LogP contribution in [0.15, 0.2) is 24.3 Å². The quantitative estimate of drug-likeness (QED) is 0.670. The Kier molecular flexibility index (Phi) is 5.48. The van der Waals surface area contributed by atoms with Gasteiger partial charge >= 0.3 is 5.97 Å². The molecule has 0 radical (unpaired) electrons. The van der Waals surface area contributed by atoms with Gasteiger partial charge in [-0.3, -0.25) is 4.79 Å². The molecule has 3 nitrogen and oxygen atoms in total. The van der Waals surface area contributed by atoms with Gasteiger partial charge in [0, 0.05) is 12.2 Å². The molecule has 0 amide bonds. The zero-order valence-electron chi connectivity index (χ0n) is 10.4. The Balaban J connectivity index is 2.50. The molecule has 94 valence electrons. The van der Waals surface area contributed by atoms with Crippen molar-refractivity contribution in [2.24, 2.45) is 0 Å². The average molecular weight is 300 g/mol. The maximum Gasteiger partial charge on any atom is 0.321 e. The van der Waals surface area contributed by atoms with Crippen molar-refractivity contribution in [3.05, 3.63) is 29.8 Å². The van der Waals surface area contributed by atoms with Crippen LogP contribution in [0, 0.1) is 0 Å². The van der Waals surface area contributed by atoms with Gasteiger partial charge in [0.1, 0.15) is 4.83 Å². The van der Waals surface area contributed by atoms with Crippen LogP contribution < -0.4 is 5.32 Å². The Labute approximate surface area is 111 Å². The lowest BCUT2D eigenvalue weighted by Gasteiger charge is -2.11. The monoisotopic (exact) mass is 299 g/mol. The third-order valence-corrected chi connectivity index (χ3v) is 3.22. The molecule has 0 saturated carbocycles. The van der Waals surface area contributed by atoms with Crippen molar-refractivity contribution in [3.63, 3.8) is 0 Å². The number of rotatable bonds is 5. The Morgan fingerprint density at radius 1 is 1.35 bits per heavy atom. The molecule has 4 heteroatoms. The number of ether oxygens (including phenoxy) is 1. The second kappa shape index (κ2) is 6.64. The van der Waals surface area contributed by atoms with E-state index in [1.165, 1.54) is 12.7 Å². The van der Waals surface area contributed by atoms with Crippen molar-refractivity contribution < 1.29 is 9.53 Å². The fourth-order valence-electron chi connectivity index (χ4n) is 1.40. The molecule has 0 fully saturated rings. The normalized spacial score (nSPS) is 12.3. The standard InChI is InChI=1S/C13H18BrNO2/c1-9(2)10-4-6-11(7-5-10)15-8-12(14)13(16)17-3/h4-7,9,12,15H,8H2,1-3H3. The molecule has 1 N–H and O–H groups in total. The molecule has 0 aromatic heterocycles. The second-order valence-corrected chi connectivity index (χ2v) is 5.25. The highest BCUT2D eigenvalue weighted by Crippen LogP contribution is 2.17. The molecule has 17 heavy (non-hydrogen) atoms. The zero-order chi connectivity index (χ0) is 12.8. The summed E-state index contributed by atoms with van der Waals surface area (Å²) in [5, 5.41) is 3.18. The Morgan fingerprint density at radius 3 is 2.41 bits per heavy atom. The number of anilines is 1. The summed E-state index contributed by atoms with van der Waals surface area (Å²) in [7, 11) is 1.38. The van der Waals surface area contributed by atoms with Gasteiger partial charge in [-0.2, -0.15) is 0 Å². The molecule has 0 saturated heterocycles. The van der Waals surface area contributed by atoms with Gasteiger partial charge in [0.25, 0.3) is 0 Å². The molecule has 1 unspecified atom stereocenters. The predicted molar refractivity (Wildman–Crippen MR) is 73.8 cm³/mol. The summed E-state index contributed by atoms with van der Waals surface area (Å²) >= 11 is 3.26. The van der Waals surface area contributed by atoms with Crippen LogP contribution in [0.3, 0.4) is 0 Å². The second-order valence-electron chi connectivity index (χ2n) is 4.15. The van der Waals surface area contributed by atoms with Crippen molar-refractivity contribution in [1.29, 1.82) is 0 Å². The van der Waals surface area contributed by atoms with Crippen molar-refractivity contribution in [2.75, 3.05) is 19.0 Å². The number of hydrogen-bond donors (Lipinski definition) is 1. The first kappa shape index (κ1) is 14.0. The molecule has 1 atom stereocenters. The van der Waals surface area contributed by atoms with Crippen molar-refractivity contribution in [3.8, 4) is 0 Å². The molecule has 1 aromatic rings. The SMILES string of the molecule is COC(=O)C(Br)CNc1ccc(C(C)C)cc1. The summed E-state index contributed by atoms with van der Waals surface area (Å²) in [4.78, 5) is 10.8. The van der Waals surface area contributed by atoms with Crippen LogP contribution >= 0.6 is 15.9 Å². The van der Waals surface area contributed by atoms with Crippen LogP contribution in [-0.2, 0) is 9.53 Å². The van der Waals surface area contributed by atoms with E-state index in [0.717, 1.165) is 5.69 Å². The number of carbonyl (C=O) groups excluding carboxylic acids is 1. The van der Waals surface area contributed by atoms with E-state index in [4.69, 9.17) is 0 Å². The first-order valence-electron chi connectivity index (χ1n) is 5.60. The van der Waals surface area contributed by atoms with E-state index in [9.17, 15) is 4.79 Å². The lowest BCUT2D eigenvalue weighted by molar-refractivity contribution is -0.139. The lowest BCUT2D eigenvalue weighted by Crippen LogP contribution is -2.24. The minimum absolute atomic E-state index is 0.267. The summed E-state index contributed by atoms with van der Waals surface area (Å²) < 4.78 is 4.63. The van der Waals surface area contributed by atoms with Gasteiger partial charge in [-0.1, -0.05) is 41.9 Å². The van der Waals surface area contributed by atoms with E-state index < -0.39 is 0 Å². The minimum Gasteiger partial charge on any atom is -0.468 e. The van der Waals surface area contributed by atoms with Gasteiger partial charge in [-0.05, 0) is 23.6 Å². The molecule has 0 bridgehead atoms. The van der Waals surface area contributed by atoms with Crippen LogP contribution in [0.5, 0.6) is 0 Å². The number of hydrogen-bond acceptors (Lipinski definition) is 3. The number of carbonyl (C=O) groups is 1. The number of alkyl halides is 1. The highest BCUT2D eigenvalue weighted by molar-refractivity contribution is 9.10. The molecular weight excluding hydrogens is 282 g/mol. The highest BCUT2D eigenvalue weighted by Gasteiger charge is 2.14. The van der Waals surface area contributed by atoms with Gasteiger partial charge < -0.3 is 10.1 Å². The molecule has 0 aliphatic rings. The Bertz CT molecular complexity index is 362. The maximum absolute atomic E-state index is 11.2. The van der Waals surface area contributed by atoms with Crippen LogP contribution in [0.1, 0.15) is 25.3 Å². The van der Waals surface area contributed by atoms with Gasteiger partial charge in [0.15, 0.2) is 0 Å². The number of methoxy groups -OCH3 is 1. The Morgan fingerprint density at radius 2 is 1.94 bits per heavy atom. The van der Waals surface area contributed by atoms with Gasteiger partial charge in [-0.25, -0.2) is 0 Å². The summed E-state index contributed by atoms with van der Waals surface area (Å²) in [5.74, 6) is 0.263. The molecule has 0 heterocycles. The molecule has 1 aromatic carbocycles. The third-order valence-electron chi connectivity index (χ3n) is 2.52. The van der Waals surface area contributed by atoms with Crippen molar-refractivity contribution >= 4 is 27.6 Å². The average Bonchev–Trinajstić information content (AvgIpc) is 2.35. The fourth-order valence-corrected chi connectivity index (χ4v) is 1.75.